The minimum absolute atomic E-state index is 0.357. The topological polar surface area (TPSA) is 59.9 Å². The molecule has 0 fully saturated rings. The Morgan fingerprint density at radius 1 is 1.14 bits per heavy atom. The number of hydrogen-bond acceptors (Lipinski definition) is 4. The van der Waals surface area contributed by atoms with Crippen molar-refractivity contribution in [2.24, 2.45) is 5.10 Å². The highest BCUT2D eigenvalue weighted by Gasteiger charge is 2.15. The van der Waals surface area contributed by atoms with Gasteiger partial charge in [0.05, 0.1) is 13.3 Å². The van der Waals surface area contributed by atoms with Crippen LogP contribution in [0.5, 0.6) is 11.5 Å². The van der Waals surface area contributed by atoms with Crippen LogP contribution < -0.4 is 14.9 Å². The van der Waals surface area contributed by atoms with Gasteiger partial charge in [0.25, 0.3) is 5.91 Å². The molecule has 3 aromatic rings. The lowest BCUT2D eigenvalue weighted by Crippen LogP contribution is -2.33. The zero-order chi connectivity index (χ0) is 20.1. The highest BCUT2D eigenvalue weighted by Crippen LogP contribution is 2.26. The van der Waals surface area contributed by atoms with Crippen LogP contribution in [0.2, 0.25) is 5.02 Å². The zero-order valence-corrected chi connectivity index (χ0v) is 16.7. The summed E-state index contributed by atoms with van der Waals surface area (Å²) in [5, 5.41) is 6.76. The highest BCUT2D eigenvalue weighted by molar-refractivity contribution is 6.30. The first-order valence-corrected chi connectivity index (χ1v) is 9.19. The predicted molar refractivity (Wildman–Crippen MR) is 113 cm³/mol. The molecule has 0 saturated heterocycles. The third kappa shape index (κ3) is 4.43. The van der Waals surface area contributed by atoms with Gasteiger partial charge < -0.3 is 9.47 Å². The highest BCUT2D eigenvalue weighted by atomic mass is 35.5. The molecule has 0 aliphatic heterocycles. The quantitative estimate of drug-likeness (QED) is 0.484. The van der Waals surface area contributed by atoms with Crippen molar-refractivity contribution in [2.45, 2.75) is 20.0 Å². The molecule has 0 unspecified atom stereocenters. The van der Waals surface area contributed by atoms with Crippen LogP contribution in [0.4, 0.5) is 0 Å². The molecule has 0 bridgehead atoms. The number of benzene rings is 3. The smallest absolute Gasteiger partial charge is 0.280 e. The number of ether oxygens (including phenoxy) is 2. The fourth-order valence-corrected chi connectivity index (χ4v) is 3.05. The molecule has 144 valence electrons. The van der Waals surface area contributed by atoms with Gasteiger partial charge in [-0.15, -0.1) is 0 Å². The Labute approximate surface area is 168 Å². The van der Waals surface area contributed by atoms with Crippen molar-refractivity contribution in [3.05, 3.63) is 70.7 Å². The number of aryl methyl sites for hydroxylation is 1. The molecule has 1 atom stereocenters. The van der Waals surface area contributed by atoms with Gasteiger partial charge in [-0.25, -0.2) is 5.43 Å². The zero-order valence-electron chi connectivity index (χ0n) is 15.9. The number of rotatable bonds is 6. The van der Waals surface area contributed by atoms with Gasteiger partial charge >= 0.3 is 0 Å². The fraction of sp³-hybridized carbons (Fsp3) is 0.182. The van der Waals surface area contributed by atoms with Crippen LogP contribution in [0.3, 0.4) is 0 Å². The molecular formula is C22H21ClN2O3. The average Bonchev–Trinajstić information content (AvgIpc) is 2.69. The Bertz CT molecular complexity index is 1030. The Hall–Kier alpha value is -3.05. The number of hydrogen-bond donors (Lipinski definition) is 1. The second-order valence-corrected chi connectivity index (χ2v) is 6.74. The monoisotopic (exact) mass is 396 g/mol. The first-order valence-electron chi connectivity index (χ1n) is 8.81. The van der Waals surface area contributed by atoms with E-state index >= 15 is 0 Å². The molecule has 0 aliphatic carbocycles. The summed E-state index contributed by atoms with van der Waals surface area (Å²) in [6.45, 7) is 3.54. The van der Waals surface area contributed by atoms with Crippen molar-refractivity contribution in [1.82, 2.24) is 5.43 Å². The third-order valence-electron chi connectivity index (χ3n) is 4.33. The van der Waals surface area contributed by atoms with Gasteiger partial charge in [0.1, 0.15) is 11.5 Å². The van der Waals surface area contributed by atoms with Crippen LogP contribution >= 0.6 is 11.6 Å². The van der Waals surface area contributed by atoms with Crippen molar-refractivity contribution in [2.75, 3.05) is 7.11 Å². The van der Waals surface area contributed by atoms with Crippen LogP contribution in [0.1, 0.15) is 18.1 Å². The number of halogens is 1. The summed E-state index contributed by atoms with van der Waals surface area (Å²) in [7, 11) is 1.60. The molecule has 3 rings (SSSR count). The largest absolute Gasteiger partial charge is 0.496 e. The molecular weight excluding hydrogens is 376 g/mol. The molecule has 1 N–H and O–H groups in total. The van der Waals surface area contributed by atoms with E-state index in [9.17, 15) is 4.79 Å². The van der Waals surface area contributed by atoms with E-state index in [-0.39, 0.29) is 5.91 Å². The molecule has 0 radical (unpaired) electrons. The summed E-state index contributed by atoms with van der Waals surface area (Å²) in [6, 6.07) is 17.0. The van der Waals surface area contributed by atoms with Crippen molar-refractivity contribution in [1.29, 1.82) is 0 Å². The summed E-state index contributed by atoms with van der Waals surface area (Å²) in [6.07, 6.45) is 0.866. The Kier molecular flexibility index (Phi) is 6.16. The lowest BCUT2D eigenvalue weighted by Gasteiger charge is -2.15. The molecule has 5 nitrogen and oxygen atoms in total. The number of nitrogens with zero attached hydrogens (tertiary/aromatic N) is 1. The lowest BCUT2D eigenvalue weighted by molar-refractivity contribution is -0.127. The van der Waals surface area contributed by atoms with Crippen LogP contribution in [0, 0.1) is 6.92 Å². The first kappa shape index (κ1) is 19.7. The molecule has 0 saturated carbocycles. The van der Waals surface area contributed by atoms with Crippen LogP contribution in [0.15, 0.2) is 59.7 Å². The van der Waals surface area contributed by atoms with Crippen molar-refractivity contribution < 1.29 is 14.3 Å². The van der Waals surface area contributed by atoms with E-state index in [4.69, 9.17) is 21.1 Å². The molecule has 0 heterocycles. The maximum atomic E-state index is 12.3. The van der Waals surface area contributed by atoms with Gasteiger partial charge in [-0.1, -0.05) is 41.9 Å². The van der Waals surface area contributed by atoms with E-state index in [0.29, 0.717) is 16.5 Å². The molecule has 1 amide bonds. The van der Waals surface area contributed by atoms with E-state index in [0.717, 1.165) is 21.9 Å². The molecule has 6 heteroatoms. The number of carbonyl (C=O) groups is 1. The number of methoxy groups -OCH3 is 1. The number of amides is 1. The minimum atomic E-state index is -0.716. The van der Waals surface area contributed by atoms with Crippen LogP contribution in [0.25, 0.3) is 10.8 Å². The van der Waals surface area contributed by atoms with E-state index < -0.39 is 6.10 Å². The summed E-state index contributed by atoms with van der Waals surface area (Å²) in [5.41, 5.74) is 4.17. The fourth-order valence-electron chi connectivity index (χ4n) is 2.83. The molecule has 0 spiro atoms. The first-order chi connectivity index (χ1) is 13.5. The van der Waals surface area contributed by atoms with E-state index in [2.05, 4.69) is 10.5 Å². The number of hydrazone groups is 1. The molecule has 28 heavy (non-hydrogen) atoms. The number of carbonyl (C=O) groups excluding carboxylic acids is 1. The minimum Gasteiger partial charge on any atom is -0.496 e. The molecule has 3 aromatic carbocycles. The van der Waals surface area contributed by atoms with Gasteiger partial charge in [-0.3, -0.25) is 4.79 Å². The Balaban J connectivity index is 1.72. The second-order valence-electron chi connectivity index (χ2n) is 6.31. The normalized spacial score (nSPS) is 12.1. The molecule has 0 aromatic heterocycles. The molecule has 0 aliphatic rings. The number of nitrogens with one attached hydrogen (secondary N) is 1. The maximum Gasteiger partial charge on any atom is 0.280 e. The van der Waals surface area contributed by atoms with Crippen LogP contribution in [-0.4, -0.2) is 25.3 Å². The van der Waals surface area contributed by atoms with Gasteiger partial charge in [0, 0.05) is 10.6 Å². The summed E-state index contributed by atoms with van der Waals surface area (Å²) < 4.78 is 11.1. The van der Waals surface area contributed by atoms with Crippen molar-refractivity contribution in [3.8, 4) is 11.5 Å². The lowest BCUT2D eigenvalue weighted by atomic mass is 10.0. The standard InChI is InChI=1S/C22H21ClN2O3/c1-14-12-17(23)9-11-20(14)28-15(2)22(26)25-24-13-19-18-7-5-4-6-16(18)8-10-21(19)27-3/h4-13,15H,1-3H3,(H,25,26)/b24-13-/t15-/m1/s1. The van der Waals surface area contributed by atoms with Crippen molar-refractivity contribution in [3.63, 3.8) is 0 Å². The van der Waals surface area contributed by atoms with Gasteiger partial charge in [0.15, 0.2) is 6.10 Å². The van der Waals surface area contributed by atoms with Gasteiger partial charge in [-0.05, 0) is 54.4 Å². The van der Waals surface area contributed by atoms with Crippen molar-refractivity contribution >= 4 is 34.5 Å². The summed E-state index contributed by atoms with van der Waals surface area (Å²) in [4.78, 5) is 12.3. The predicted octanol–water partition coefficient (Wildman–Crippen LogP) is 4.73. The van der Waals surface area contributed by atoms with Gasteiger partial charge in [0.2, 0.25) is 0 Å². The Morgan fingerprint density at radius 3 is 2.64 bits per heavy atom. The van der Waals surface area contributed by atoms with E-state index in [1.165, 1.54) is 0 Å². The van der Waals surface area contributed by atoms with E-state index in [1.807, 2.05) is 43.3 Å². The summed E-state index contributed by atoms with van der Waals surface area (Å²) in [5.74, 6) is 0.925. The van der Waals surface area contributed by atoms with Crippen LogP contribution in [-0.2, 0) is 4.79 Å². The Morgan fingerprint density at radius 2 is 1.89 bits per heavy atom. The summed E-state index contributed by atoms with van der Waals surface area (Å²) >= 11 is 5.94. The third-order valence-corrected chi connectivity index (χ3v) is 4.56. The number of fused-ring (bicyclic) bond motifs is 1. The van der Waals surface area contributed by atoms with E-state index in [1.54, 1.807) is 38.4 Å². The second kappa shape index (κ2) is 8.76. The van der Waals surface area contributed by atoms with Gasteiger partial charge in [-0.2, -0.15) is 5.10 Å². The maximum absolute atomic E-state index is 12.3. The average molecular weight is 397 g/mol. The SMILES string of the molecule is COc1ccc2ccccc2c1/C=N\NC(=O)[C@@H](C)Oc1ccc(Cl)cc1C.